The van der Waals surface area contributed by atoms with Gasteiger partial charge in [0.05, 0.1) is 16.7 Å². The maximum atomic E-state index is 14.0. The van der Waals surface area contributed by atoms with Gasteiger partial charge in [-0.05, 0) is 31.4 Å². The Kier molecular flexibility index (Phi) is 6.03. The van der Waals surface area contributed by atoms with Gasteiger partial charge in [-0.25, -0.2) is 4.39 Å². The lowest BCUT2D eigenvalue weighted by molar-refractivity contribution is -0.128. The summed E-state index contributed by atoms with van der Waals surface area (Å²) >= 11 is 5.82. The van der Waals surface area contributed by atoms with Gasteiger partial charge in [0.1, 0.15) is 5.82 Å². The number of hydrogen-bond acceptors (Lipinski definition) is 2. The lowest BCUT2D eigenvalue weighted by atomic mass is 9.84. The van der Waals surface area contributed by atoms with E-state index in [1.54, 1.807) is 12.1 Å². The topological polar surface area (TPSA) is 29.5 Å². The molecule has 1 saturated carbocycles. The number of ether oxygens (including phenoxy) is 1. The number of aliphatic hydroxyl groups is 1. The second-order valence-electron chi connectivity index (χ2n) is 5.84. The normalized spacial score (nSPS) is 20.0. The Bertz CT molecular complexity index is 456. The van der Waals surface area contributed by atoms with Crippen LogP contribution in [0.1, 0.15) is 51.0 Å². The van der Waals surface area contributed by atoms with Crippen molar-refractivity contribution in [3.63, 3.8) is 0 Å². The van der Waals surface area contributed by atoms with Crippen molar-refractivity contribution >= 4 is 11.6 Å². The molecule has 1 fully saturated rings. The molecule has 1 unspecified atom stereocenters. The third kappa shape index (κ3) is 3.97. The largest absolute Gasteiger partial charge is 0.390 e. The summed E-state index contributed by atoms with van der Waals surface area (Å²) in [6.45, 7) is 2.51. The van der Waals surface area contributed by atoms with Crippen LogP contribution in [0.3, 0.4) is 0 Å². The van der Waals surface area contributed by atoms with Gasteiger partial charge in [-0.15, -0.1) is 0 Å². The quantitative estimate of drug-likeness (QED) is 0.810. The summed E-state index contributed by atoms with van der Waals surface area (Å²) in [5.74, 6) is -0.432. The highest BCUT2D eigenvalue weighted by Gasteiger charge is 2.39. The molecule has 1 N–H and O–H groups in total. The van der Waals surface area contributed by atoms with Crippen LogP contribution in [0.2, 0.25) is 5.02 Å². The van der Waals surface area contributed by atoms with Crippen LogP contribution in [0.5, 0.6) is 0 Å². The zero-order valence-corrected chi connectivity index (χ0v) is 13.3. The molecule has 0 saturated heterocycles. The molecule has 1 aromatic carbocycles. The average Bonchev–Trinajstić information content (AvgIpc) is 2.71. The van der Waals surface area contributed by atoms with Crippen LogP contribution in [-0.2, 0) is 11.2 Å². The minimum atomic E-state index is -0.705. The molecule has 1 aromatic rings. The first kappa shape index (κ1) is 16.7. The number of benzene rings is 1. The third-order valence-electron chi connectivity index (χ3n) is 4.43. The minimum Gasteiger partial charge on any atom is -0.390 e. The zero-order valence-electron chi connectivity index (χ0n) is 12.6. The Hall–Kier alpha value is -0.640. The highest BCUT2D eigenvalue weighted by molar-refractivity contribution is 6.30. The van der Waals surface area contributed by atoms with Crippen molar-refractivity contribution in [2.45, 2.75) is 63.6 Å². The van der Waals surface area contributed by atoms with Crippen molar-refractivity contribution in [3.05, 3.63) is 34.6 Å². The summed E-state index contributed by atoms with van der Waals surface area (Å²) in [6.07, 6.45) is 5.66. The molecule has 1 aliphatic rings. The number of hydrogen-bond donors (Lipinski definition) is 1. The van der Waals surface area contributed by atoms with E-state index in [4.69, 9.17) is 16.3 Å². The van der Waals surface area contributed by atoms with Crippen LogP contribution in [0.15, 0.2) is 18.2 Å². The first-order valence-corrected chi connectivity index (χ1v) is 8.22. The summed E-state index contributed by atoms with van der Waals surface area (Å²) in [4.78, 5) is 0. The molecule has 0 radical (unpaired) electrons. The smallest absolute Gasteiger partial charge is 0.145 e. The van der Waals surface area contributed by atoms with Crippen molar-refractivity contribution < 1.29 is 14.2 Å². The van der Waals surface area contributed by atoms with Crippen molar-refractivity contribution in [2.75, 3.05) is 6.61 Å². The molecular formula is C17H24ClFO2. The van der Waals surface area contributed by atoms with Crippen LogP contribution >= 0.6 is 11.6 Å². The van der Waals surface area contributed by atoms with Crippen molar-refractivity contribution in [1.82, 2.24) is 0 Å². The number of aliphatic hydroxyl groups excluding tert-OH is 1. The molecule has 0 amide bonds. The number of rotatable bonds is 5. The Morgan fingerprint density at radius 3 is 2.57 bits per heavy atom. The predicted octanol–water partition coefficient (Wildman–Crippen LogP) is 4.51. The molecule has 2 rings (SSSR count). The summed E-state index contributed by atoms with van der Waals surface area (Å²) < 4.78 is 20.0. The van der Waals surface area contributed by atoms with Crippen LogP contribution < -0.4 is 0 Å². The maximum Gasteiger partial charge on any atom is 0.145 e. The minimum absolute atomic E-state index is 0.103. The van der Waals surface area contributed by atoms with Gasteiger partial charge in [-0.2, -0.15) is 0 Å². The van der Waals surface area contributed by atoms with Gasteiger partial charge in [-0.3, -0.25) is 0 Å². The van der Waals surface area contributed by atoms with Crippen LogP contribution in [-0.4, -0.2) is 23.4 Å². The Morgan fingerprint density at radius 2 is 1.95 bits per heavy atom. The third-order valence-corrected chi connectivity index (χ3v) is 4.73. The summed E-state index contributed by atoms with van der Waals surface area (Å²) in [5.41, 5.74) is -0.0849. The first-order valence-electron chi connectivity index (χ1n) is 7.84. The van der Waals surface area contributed by atoms with Crippen molar-refractivity contribution in [3.8, 4) is 0 Å². The van der Waals surface area contributed by atoms with E-state index in [0.29, 0.717) is 12.2 Å². The molecular weight excluding hydrogens is 291 g/mol. The van der Waals surface area contributed by atoms with Crippen LogP contribution in [0.25, 0.3) is 0 Å². The van der Waals surface area contributed by atoms with Gasteiger partial charge in [0, 0.05) is 13.0 Å². The molecule has 21 heavy (non-hydrogen) atoms. The molecule has 1 aliphatic carbocycles. The van der Waals surface area contributed by atoms with E-state index in [0.717, 1.165) is 25.7 Å². The van der Waals surface area contributed by atoms with Gasteiger partial charge in [-0.1, -0.05) is 49.4 Å². The monoisotopic (exact) mass is 314 g/mol. The van der Waals surface area contributed by atoms with Gasteiger partial charge in [0.25, 0.3) is 0 Å². The van der Waals surface area contributed by atoms with E-state index in [-0.39, 0.29) is 11.4 Å². The highest BCUT2D eigenvalue weighted by Crippen LogP contribution is 2.35. The van der Waals surface area contributed by atoms with Crippen molar-refractivity contribution in [2.24, 2.45) is 0 Å². The molecule has 1 atom stereocenters. The highest BCUT2D eigenvalue weighted by atomic mass is 35.5. The summed E-state index contributed by atoms with van der Waals surface area (Å²) in [6, 6.07) is 4.92. The van der Waals surface area contributed by atoms with Gasteiger partial charge in [0.15, 0.2) is 0 Å². The molecule has 2 nitrogen and oxygen atoms in total. The summed E-state index contributed by atoms with van der Waals surface area (Å²) in [7, 11) is 0. The fraction of sp³-hybridized carbons (Fsp3) is 0.647. The zero-order chi connectivity index (χ0) is 15.3. The Balaban J connectivity index is 2.18. The van der Waals surface area contributed by atoms with E-state index < -0.39 is 17.5 Å². The molecule has 0 spiro atoms. The average molecular weight is 315 g/mol. The second-order valence-corrected chi connectivity index (χ2v) is 6.25. The Morgan fingerprint density at radius 1 is 1.29 bits per heavy atom. The number of halogens is 2. The molecule has 0 aromatic heterocycles. The van der Waals surface area contributed by atoms with E-state index in [2.05, 4.69) is 0 Å². The van der Waals surface area contributed by atoms with E-state index >= 15 is 0 Å². The summed E-state index contributed by atoms with van der Waals surface area (Å²) in [5, 5.41) is 10.8. The van der Waals surface area contributed by atoms with E-state index in [1.807, 2.05) is 6.92 Å². The standard InChI is InChI=1S/C17H24ClFO2/c1-2-21-17(10-5-3-4-6-11-17)15(20)12-13-8-7-9-14(18)16(13)19/h7-9,15,20H,2-6,10-12H2,1H3. The van der Waals surface area contributed by atoms with Crippen molar-refractivity contribution in [1.29, 1.82) is 0 Å². The SMILES string of the molecule is CCOC1(C(O)Cc2cccc(Cl)c2F)CCCCCC1. The Labute approximate surface area is 131 Å². The van der Waals surface area contributed by atoms with Gasteiger partial charge < -0.3 is 9.84 Å². The molecule has 4 heteroatoms. The molecule has 118 valence electrons. The second kappa shape index (κ2) is 7.57. The van der Waals surface area contributed by atoms with Gasteiger partial charge in [0.2, 0.25) is 0 Å². The van der Waals surface area contributed by atoms with Gasteiger partial charge >= 0.3 is 0 Å². The first-order chi connectivity index (χ1) is 10.1. The molecule has 0 heterocycles. The molecule has 0 bridgehead atoms. The van der Waals surface area contributed by atoms with E-state index in [9.17, 15) is 9.50 Å². The predicted molar refractivity (Wildman–Crippen MR) is 83.2 cm³/mol. The lowest BCUT2D eigenvalue weighted by Crippen LogP contribution is -2.46. The maximum absolute atomic E-state index is 14.0. The fourth-order valence-corrected chi connectivity index (χ4v) is 3.48. The van der Waals surface area contributed by atoms with Crippen LogP contribution in [0.4, 0.5) is 4.39 Å². The molecule has 0 aliphatic heterocycles. The fourth-order valence-electron chi connectivity index (χ4n) is 3.29. The van der Waals surface area contributed by atoms with E-state index in [1.165, 1.54) is 18.9 Å². The van der Waals surface area contributed by atoms with Crippen LogP contribution in [0, 0.1) is 5.82 Å². The lowest BCUT2D eigenvalue weighted by Gasteiger charge is -2.37.